The van der Waals surface area contributed by atoms with Crippen LogP contribution in [0.2, 0.25) is 0 Å². The van der Waals surface area contributed by atoms with Crippen LogP contribution in [0.5, 0.6) is 0 Å². The number of benzene rings is 1. The standard InChI is InChI=1S/C23H24F3N5O3S/c1-5-30(6-2)21(33)18-12-11-17(35-18)20(32)28-27-13(3)19-14(4)29-31(22(19)34)16-9-7-15(8-10-16)23(24,25)26/h7-12,19H,5-6H2,1-4H3,(H,28,32)/b27-13+. The molecule has 1 aromatic heterocycles. The van der Waals surface area contributed by atoms with Gasteiger partial charge in [-0.1, -0.05) is 0 Å². The smallest absolute Gasteiger partial charge is 0.339 e. The fourth-order valence-corrected chi connectivity index (χ4v) is 4.39. The Labute approximate surface area is 204 Å². The number of hydrazone groups is 2. The van der Waals surface area contributed by atoms with Crippen LogP contribution >= 0.6 is 11.3 Å². The molecule has 2 heterocycles. The second-order valence-electron chi connectivity index (χ2n) is 7.70. The van der Waals surface area contributed by atoms with Crippen LogP contribution in [0.15, 0.2) is 46.6 Å². The van der Waals surface area contributed by atoms with E-state index in [4.69, 9.17) is 0 Å². The van der Waals surface area contributed by atoms with Gasteiger partial charge in [-0.3, -0.25) is 14.4 Å². The van der Waals surface area contributed by atoms with Gasteiger partial charge in [-0.05, 0) is 64.1 Å². The van der Waals surface area contributed by atoms with Gasteiger partial charge >= 0.3 is 6.18 Å². The molecular formula is C23H24F3N5O3S. The number of carbonyl (C=O) groups excluding carboxylic acids is 3. The molecule has 1 N–H and O–H groups in total. The van der Waals surface area contributed by atoms with E-state index in [-0.39, 0.29) is 22.2 Å². The van der Waals surface area contributed by atoms with E-state index < -0.39 is 29.5 Å². The summed E-state index contributed by atoms with van der Waals surface area (Å²) in [4.78, 5) is 40.2. The lowest BCUT2D eigenvalue weighted by Crippen LogP contribution is -2.33. The molecule has 1 unspecified atom stereocenters. The van der Waals surface area contributed by atoms with Crippen molar-refractivity contribution in [3.63, 3.8) is 0 Å². The molecule has 3 amide bonds. The largest absolute Gasteiger partial charge is 0.416 e. The molecule has 8 nitrogen and oxygen atoms in total. The highest BCUT2D eigenvalue weighted by molar-refractivity contribution is 7.15. The summed E-state index contributed by atoms with van der Waals surface area (Å²) in [5.74, 6) is -2.07. The number of nitrogens with one attached hydrogen (secondary N) is 1. The topological polar surface area (TPSA) is 94.4 Å². The predicted octanol–water partition coefficient (Wildman–Crippen LogP) is 4.39. The average molecular weight is 508 g/mol. The Hall–Kier alpha value is -3.54. The summed E-state index contributed by atoms with van der Waals surface area (Å²) in [5, 5.41) is 9.21. The number of amides is 3. The third-order valence-corrected chi connectivity index (χ3v) is 6.49. The van der Waals surface area contributed by atoms with Crippen molar-refractivity contribution in [2.75, 3.05) is 18.1 Å². The van der Waals surface area contributed by atoms with E-state index in [1.807, 2.05) is 13.8 Å². The van der Waals surface area contributed by atoms with Crippen LogP contribution < -0.4 is 10.4 Å². The molecule has 0 bridgehead atoms. The van der Waals surface area contributed by atoms with Gasteiger partial charge in [-0.2, -0.15) is 28.4 Å². The third-order valence-electron chi connectivity index (χ3n) is 5.41. The molecule has 2 aromatic rings. The minimum atomic E-state index is -4.49. The number of halogens is 3. The molecule has 0 saturated carbocycles. The Kier molecular flexibility index (Phi) is 7.73. The predicted molar refractivity (Wildman–Crippen MR) is 128 cm³/mol. The van der Waals surface area contributed by atoms with Crippen LogP contribution in [-0.2, 0) is 11.0 Å². The number of rotatable bonds is 7. The molecule has 35 heavy (non-hydrogen) atoms. The molecule has 0 saturated heterocycles. The van der Waals surface area contributed by atoms with Crippen molar-refractivity contribution in [3.05, 3.63) is 51.7 Å². The van der Waals surface area contributed by atoms with E-state index in [9.17, 15) is 27.6 Å². The second kappa shape index (κ2) is 10.4. The van der Waals surface area contributed by atoms with Gasteiger partial charge in [-0.25, -0.2) is 5.43 Å². The van der Waals surface area contributed by atoms with Crippen molar-refractivity contribution < 1.29 is 27.6 Å². The summed E-state index contributed by atoms with van der Waals surface area (Å²) in [6, 6.07) is 7.20. The van der Waals surface area contributed by atoms with Crippen LogP contribution in [0.4, 0.5) is 18.9 Å². The van der Waals surface area contributed by atoms with Crippen molar-refractivity contribution in [3.8, 4) is 0 Å². The van der Waals surface area contributed by atoms with Crippen molar-refractivity contribution in [1.29, 1.82) is 0 Å². The number of carbonyl (C=O) groups is 3. The first-order chi connectivity index (χ1) is 16.5. The van der Waals surface area contributed by atoms with Crippen molar-refractivity contribution in [1.82, 2.24) is 10.3 Å². The second-order valence-corrected chi connectivity index (χ2v) is 8.79. The Bertz CT molecular complexity index is 1180. The van der Waals surface area contributed by atoms with Crippen LogP contribution in [0.1, 0.15) is 52.6 Å². The Morgan fingerprint density at radius 3 is 2.29 bits per heavy atom. The van der Waals surface area contributed by atoms with Gasteiger partial charge in [0.1, 0.15) is 5.92 Å². The Morgan fingerprint density at radius 2 is 1.71 bits per heavy atom. The van der Waals surface area contributed by atoms with Gasteiger partial charge in [0.2, 0.25) is 0 Å². The zero-order valence-electron chi connectivity index (χ0n) is 19.5. The quantitative estimate of drug-likeness (QED) is 0.445. The van der Waals surface area contributed by atoms with Gasteiger partial charge in [0, 0.05) is 13.1 Å². The molecule has 186 valence electrons. The summed E-state index contributed by atoms with van der Waals surface area (Å²) < 4.78 is 38.4. The Morgan fingerprint density at radius 1 is 1.11 bits per heavy atom. The highest BCUT2D eigenvalue weighted by Gasteiger charge is 2.37. The fraction of sp³-hybridized carbons (Fsp3) is 0.348. The third kappa shape index (κ3) is 5.59. The molecule has 3 rings (SSSR count). The molecule has 0 radical (unpaired) electrons. The van der Waals surface area contributed by atoms with Crippen molar-refractivity contribution in [2.24, 2.45) is 16.1 Å². The highest BCUT2D eigenvalue weighted by atomic mass is 32.1. The molecule has 0 fully saturated rings. The molecule has 0 spiro atoms. The summed E-state index contributed by atoms with van der Waals surface area (Å²) >= 11 is 1.04. The van der Waals surface area contributed by atoms with Gasteiger partial charge in [-0.15, -0.1) is 11.3 Å². The van der Waals surface area contributed by atoms with Crippen molar-refractivity contribution in [2.45, 2.75) is 33.9 Å². The van der Waals surface area contributed by atoms with E-state index in [2.05, 4.69) is 15.6 Å². The zero-order valence-corrected chi connectivity index (χ0v) is 20.3. The number of hydrogen-bond donors (Lipinski definition) is 1. The number of nitrogens with zero attached hydrogens (tertiary/aromatic N) is 4. The number of hydrogen-bond acceptors (Lipinski definition) is 6. The van der Waals surface area contributed by atoms with Gasteiger partial charge < -0.3 is 4.90 Å². The van der Waals surface area contributed by atoms with Crippen LogP contribution in [0.25, 0.3) is 0 Å². The van der Waals surface area contributed by atoms with Gasteiger partial charge in [0.15, 0.2) is 0 Å². The zero-order chi connectivity index (χ0) is 25.9. The van der Waals surface area contributed by atoms with Crippen LogP contribution in [0, 0.1) is 5.92 Å². The molecule has 1 aromatic carbocycles. The SMILES string of the molecule is CCN(CC)C(=O)c1ccc(C(=O)N/N=C(\C)C2C(=O)N(c3ccc(C(F)(F)F)cc3)N=C2C)s1. The molecule has 12 heteroatoms. The molecule has 0 aliphatic carbocycles. The summed E-state index contributed by atoms with van der Waals surface area (Å²) in [6.07, 6.45) is -4.49. The maximum absolute atomic E-state index is 12.9. The number of alkyl halides is 3. The minimum Gasteiger partial charge on any atom is -0.339 e. The average Bonchev–Trinajstić information content (AvgIpc) is 3.42. The molecule has 1 aliphatic heterocycles. The molecular weight excluding hydrogens is 483 g/mol. The van der Waals surface area contributed by atoms with E-state index in [1.54, 1.807) is 24.8 Å². The lowest BCUT2D eigenvalue weighted by Gasteiger charge is -2.17. The van der Waals surface area contributed by atoms with Crippen molar-refractivity contribution >= 4 is 46.2 Å². The summed E-state index contributed by atoms with van der Waals surface area (Å²) in [6.45, 7) is 7.98. The molecule has 1 atom stereocenters. The molecule has 1 aliphatic rings. The van der Waals surface area contributed by atoms with Crippen LogP contribution in [0.3, 0.4) is 0 Å². The normalized spacial score (nSPS) is 16.4. The first-order valence-electron chi connectivity index (χ1n) is 10.8. The van der Waals surface area contributed by atoms with Gasteiger partial charge in [0.25, 0.3) is 17.7 Å². The lowest BCUT2D eigenvalue weighted by molar-refractivity contribution is -0.137. The number of thiophene rings is 1. The summed E-state index contributed by atoms with van der Waals surface area (Å²) in [5.41, 5.74) is 2.38. The van der Waals surface area contributed by atoms with E-state index in [1.165, 1.54) is 18.2 Å². The highest BCUT2D eigenvalue weighted by Crippen LogP contribution is 2.32. The maximum atomic E-state index is 12.9. The first-order valence-corrected chi connectivity index (χ1v) is 11.6. The van der Waals surface area contributed by atoms with E-state index >= 15 is 0 Å². The monoisotopic (exact) mass is 507 g/mol. The fourth-order valence-electron chi connectivity index (χ4n) is 3.52. The maximum Gasteiger partial charge on any atom is 0.416 e. The first kappa shape index (κ1) is 26.1. The lowest BCUT2D eigenvalue weighted by atomic mass is 9.99. The van der Waals surface area contributed by atoms with E-state index in [0.29, 0.717) is 23.7 Å². The van der Waals surface area contributed by atoms with E-state index in [0.717, 1.165) is 28.5 Å². The Balaban J connectivity index is 1.69. The van der Waals surface area contributed by atoms with Crippen LogP contribution in [-0.4, -0.2) is 47.1 Å². The number of anilines is 1. The summed E-state index contributed by atoms with van der Waals surface area (Å²) in [7, 11) is 0. The minimum absolute atomic E-state index is 0.162. The van der Waals surface area contributed by atoms with Gasteiger partial charge in [0.05, 0.1) is 32.4 Å².